The lowest BCUT2D eigenvalue weighted by Crippen LogP contribution is -2.42. The van der Waals surface area contributed by atoms with E-state index >= 15 is 0 Å². The summed E-state index contributed by atoms with van der Waals surface area (Å²) in [6.45, 7) is -0.0654. The fourth-order valence-electron chi connectivity index (χ4n) is 5.09. The van der Waals surface area contributed by atoms with Crippen LogP contribution in [0.1, 0.15) is 48.8 Å². The van der Waals surface area contributed by atoms with Crippen molar-refractivity contribution in [2.75, 3.05) is 20.0 Å². The lowest BCUT2D eigenvalue weighted by Gasteiger charge is -2.21. The quantitative estimate of drug-likeness (QED) is 0.446. The number of alkyl carbamates (subject to hydrolysis) is 1. The maximum absolute atomic E-state index is 13.5. The van der Waals surface area contributed by atoms with Gasteiger partial charge in [0.15, 0.2) is 27.1 Å². The average molecular weight is 558 g/mol. The summed E-state index contributed by atoms with van der Waals surface area (Å²) >= 11 is 0. The van der Waals surface area contributed by atoms with Crippen molar-refractivity contribution in [3.8, 4) is 11.5 Å². The normalized spacial score (nSPS) is 15.6. The molecule has 11 heteroatoms. The summed E-state index contributed by atoms with van der Waals surface area (Å²) < 4.78 is 43.3. The number of carbonyl (C=O) groups is 3. The van der Waals surface area contributed by atoms with Gasteiger partial charge in [-0.3, -0.25) is 4.79 Å². The molecule has 4 rings (SSSR count). The van der Waals surface area contributed by atoms with Crippen molar-refractivity contribution in [3.63, 3.8) is 0 Å². The molecule has 0 radical (unpaired) electrons. The predicted octanol–water partition coefficient (Wildman–Crippen LogP) is 3.70. The molecular formula is C28H31NO9S. The van der Waals surface area contributed by atoms with Crippen LogP contribution in [0.15, 0.2) is 46.9 Å². The zero-order chi connectivity index (χ0) is 28.2. The maximum Gasteiger partial charge on any atom is 0.408 e. The number of benzene rings is 2. The third-order valence-electron chi connectivity index (χ3n) is 6.98. The molecule has 0 saturated heterocycles. The fraction of sp³-hybridized carbons (Fsp3) is 0.393. The van der Waals surface area contributed by atoms with Gasteiger partial charge in [-0.15, -0.1) is 0 Å². The number of ether oxygens (including phenoxy) is 3. The monoisotopic (exact) mass is 557 g/mol. The highest BCUT2D eigenvalue weighted by atomic mass is 32.2. The van der Waals surface area contributed by atoms with Crippen LogP contribution < -0.4 is 14.8 Å². The number of hydrogen-bond donors (Lipinski definition) is 2. The molecule has 0 aliphatic heterocycles. The Kier molecular flexibility index (Phi) is 8.59. The molecule has 208 valence electrons. The highest BCUT2D eigenvalue weighted by molar-refractivity contribution is 7.91. The smallest absolute Gasteiger partial charge is 0.408 e. The first-order valence-electron chi connectivity index (χ1n) is 12.6. The topological polar surface area (TPSA) is 145 Å². The molecule has 39 heavy (non-hydrogen) atoms. The Morgan fingerprint density at radius 2 is 1.69 bits per heavy atom. The molecule has 1 unspecified atom stereocenters. The second-order valence-electron chi connectivity index (χ2n) is 9.41. The summed E-state index contributed by atoms with van der Waals surface area (Å²) in [5.41, 5.74) is 3.73. The van der Waals surface area contributed by atoms with Crippen LogP contribution in [-0.2, 0) is 37.2 Å². The van der Waals surface area contributed by atoms with Crippen LogP contribution >= 0.6 is 0 Å². The Bertz CT molecular complexity index is 1410. The number of aliphatic carboxylic acids is 1. The van der Waals surface area contributed by atoms with Gasteiger partial charge in [0.05, 0.1) is 20.0 Å². The summed E-state index contributed by atoms with van der Waals surface area (Å²) in [7, 11) is -1.35. The van der Waals surface area contributed by atoms with E-state index in [0.717, 1.165) is 17.6 Å². The Labute approximate surface area is 226 Å². The zero-order valence-corrected chi connectivity index (χ0v) is 22.6. The third kappa shape index (κ3) is 6.08. The molecule has 0 saturated carbocycles. The second kappa shape index (κ2) is 11.9. The zero-order valence-electron chi connectivity index (χ0n) is 21.8. The molecule has 2 N–H and O–H groups in total. The van der Waals surface area contributed by atoms with E-state index in [1.54, 1.807) is 24.3 Å². The molecule has 2 aromatic rings. The minimum absolute atomic E-state index is 0.00598. The van der Waals surface area contributed by atoms with E-state index in [2.05, 4.69) is 5.32 Å². The van der Waals surface area contributed by atoms with Crippen molar-refractivity contribution >= 4 is 33.3 Å². The van der Waals surface area contributed by atoms with Crippen LogP contribution in [0.5, 0.6) is 11.5 Å². The number of fused-ring (bicyclic) bond motifs is 2. The van der Waals surface area contributed by atoms with E-state index < -0.39 is 40.1 Å². The number of sulfone groups is 1. The van der Waals surface area contributed by atoms with Gasteiger partial charge in [0.2, 0.25) is 0 Å². The lowest BCUT2D eigenvalue weighted by atomic mass is 9.95. The summed E-state index contributed by atoms with van der Waals surface area (Å²) in [6.07, 6.45) is 1.42. The van der Waals surface area contributed by atoms with Gasteiger partial charge in [-0.1, -0.05) is 30.3 Å². The third-order valence-corrected chi connectivity index (χ3v) is 8.73. The second-order valence-corrected chi connectivity index (χ2v) is 11.5. The molecular weight excluding hydrogens is 526 g/mol. The molecule has 0 bridgehead atoms. The first kappa shape index (κ1) is 28.2. The number of hydrogen-bond acceptors (Lipinski definition) is 8. The van der Waals surface area contributed by atoms with E-state index in [9.17, 15) is 27.9 Å². The first-order chi connectivity index (χ1) is 18.7. The molecule has 0 fully saturated rings. The van der Waals surface area contributed by atoms with E-state index in [0.29, 0.717) is 36.0 Å². The molecule has 2 aliphatic rings. The Morgan fingerprint density at radius 1 is 1.00 bits per heavy atom. The van der Waals surface area contributed by atoms with Gasteiger partial charge in [0.25, 0.3) is 0 Å². The number of ketones is 1. The van der Waals surface area contributed by atoms with E-state index in [1.165, 1.54) is 20.3 Å². The summed E-state index contributed by atoms with van der Waals surface area (Å²) in [5, 5.41) is 11.8. The average Bonchev–Trinajstić information content (AvgIpc) is 3.37. The number of carboxylic acids is 1. The minimum Gasteiger partial charge on any atom is -0.492 e. The van der Waals surface area contributed by atoms with Crippen LogP contribution in [0.4, 0.5) is 4.79 Å². The number of allylic oxidation sites excluding steroid dienone is 2. The molecule has 10 nitrogen and oxygen atoms in total. The van der Waals surface area contributed by atoms with Gasteiger partial charge in [0.1, 0.15) is 17.5 Å². The number of aryl methyl sites for hydroxylation is 1. The van der Waals surface area contributed by atoms with Crippen molar-refractivity contribution < 1.29 is 42.1 Å². The number of rotatable bonds is 10. The van der Waals surface area contributed by atoms with Crippen molar-refractivity contribution in [3.05, 3.63) is 58.7 Å². The summed E-state index contributed by atoms with van der Waals surface area (Å²) in [4.78, 5) is 36.6. The van der Waals surface area contributed by atoms with Gasteiger partial charge in [0, 0.05) is 12.0 Å². The largest absolute Gasteiger partial charge is 0.492 e. The highest BCUT2D eigenvalue weighted by Gasteiger charge is 2.34. The number of Topliss-reactive ketones (excluding diaryl/α,β-unsaturated/α-hetero) is 1. The predicted molar refractivity (Wildman–Crippen MR) is 142 cm³/mol. The number of carbonyl (C=O) groups excluding carboxylic acids is 2. The van der Waals surface area contributed by atoms with Crippen molar-refractivity contribution in [1.82, 2.24) is 5.32 Å². The summed E-state index contributed by atoms with van der Waals surface area (Å²) in [6, 6.07) is 8.85. The molecule has 1 atom stereocenters. The van der Waals surface area contributed by atoms with Crippen molar-refractivity contribution in [2.24, 2.45) is 0 Å². The molecule has 0 heterocycles. The molecule has 0 spiro atoms. The molecule has 2 aliphatic carbocycles. The van der Waals surface area contributed by atoms with Crippen LogP contribution in [0.25, 0.3) is 5.57 Å². The number of nitrogens with one attached hydrogen (secondary N) is 1. The Balaban J connectivity index is 1.56. The van der Waals surface area contributed by atoms with Crippen molar-refractivity contribution in [1.29, 1.82) is 0 Å². The first-order valence-corrected chi connectivity index (χ1v) is 14.3. The van der Waals surface area contributed by atoms with Gasteiger partial charge in [-0.05, 0) is 60.4 Å². The standard InChI is InChI=1S/C28H31NO9S/c1-36-25-23(15-18-11-12-22(30)19-9-6-10-20(19)24(18)26(25)37-2)39(34,35)14-13-21(27(31)32)29-28(33)38-16-17-7-4-3-5-8-17/h3-5,7-8,15,21H,6,9-14,16H2,1-2H3,(H,29,33)(H,31,32). The van der Waals surface area contributed by atoms with Crippen LogP contribution in [-0.4, -0.2) is 57.4 Å². The Morgan fingerprint density at radius 3 is 2.36 bits per heavy atom. The van der Waals surface area contributed by atoms with Gasteiger partial charge in [-0.25, -0.2) is 18.0 Å². The van der Waals surface area contributed by atoms with E-state index in [-0.39, 0.29) is 35.2 Å². The fourth-order valence-corrected chi connectivity index (χ4v) is 6.63. The van der Waals surface area contributed by atoms with E-state index in [4.69, 9.17) is 14.2 Å². The summed E-state index contributed by atoms with van der Waals surface area (Å²) in [5.74, 6) is -1.68. The molecule has 1 amide bonds. The number of amides is 1. The van der Waals surface area contributed by atoms with Crippen LogP contribution in [0, 0.1) is 0 Å². The van der Waals surface area contributed by atoms with Crippen LogP contribution in [0.2, 0.25) is 0 Å². The van der Waals surface area contributed by atoms with Gasteiger partial charge in [-0.2, -0.15) is 0 Å². The Hall–Kier alpha value is -3.86. The number of carboxylic acid groups (broad SMARTS) is 1. The minimum atomic E-state index is -4.10. The lowest BCUT2D eigenvalue weighted by molar-refractivity contribution is -0.139. The highest BCUT2D eigenvalue weighted by Crippen LogP contribution is 2.49. The molecule has 0 aromatic heterocycles. The van der Waals surface area contributed by atoms with Gasteiger partial charge < -0.3 is 24.6 Å². The van der Waals surface area contributed by atoms with Gasteiger partial charge >= 0.3 is 12.1 Å². The van der Waals surface area contributed by atoms with Crippen molar-refractivity contribution in [2.45, 2.75) is 56.1 Å². The number of methoxy groups -OCH3 is 2. The maximum atomic E-state index is 13.5. The van der Waals surface area contributed by atoms with E-state index in [1.807, 2.05) is 6.07 Å². The van der Waals surface area contributed by atoms with Crippen LogP contribution in [0.3, 0.4) is 0 Å². The molecule has 2 aromatic carbocycles. The SMILES string of the molecule is COc1c(S(=O)(=O)CCC(NC(=O)OCc2ccccc2)C(=O)O)cc2c(c1OC)C1=C(CCC1)C(=O)CC2.